The third-order valence-corrected chi connectivity index (χ3v) is 4.90. The summed E-state index contributed by atoms with van der Waals surface area (Å²) >= 11 is 12.3. The van der Waals surface area contributed by atoms with Crippen LogP contribution in [0, 0.1) is 0 Å². The van der Waals surface area contributed by atoms with Crippen LogP contribution in [-0.2, 0) is 5.41 Å². The summed E-state index contributed by atoms with van der Waals surface area (Å²) in [6, 6.07) is 9.60. The molecule has 1 aliphatic rings. The highest BCUT2D eigenvalue weighted by Crippen LogP contribution is 2.46. The normalized spacial score (nSPS) is 19.1. The highest BCUT2D eigenvalue weighted by atomic mass is 35.5. The number of halogens is 5. The topological polar surface area (TPSA) is 21.3 Å². The first-order chi connectivity index (χ1) is 11.5. The highest BCUT2D eigenvalue weighted by molar-refractivity contribution is 6.35. The molecule has 0 fully saturated rings. The summed E-state index contributed by atoms with van der Waals surface area (Å²) < 4.78 is 41.4. The zero-order chi connectivity index (χ0) is 18.4. The molecule has 2 aromatic carbocycles. The van der Waals surface area contributed by atoms with E-state index >= 15 is 0 Å². The highest BCUT2D eigenvalue weighted by Gasteiger charge is 2.36. The third-order valence-electron chi connectivity index (χ3n) is 4.34. The molecule has 0 aromatic heterocycles. The third kappa shape index (κ3) is 3.98. The zero-order valence-corrected chi connectivity index (χ0v) is 15.1. The lowest BCUT2D eigenvalue weighted by Crippen LogP contribution is -2.31. The van der Waals surface area contributed by atoms with Crippen molar-refractivity contribution in [3.8, 4) is 5.75 Å². The molecule has 25 heavy (non-hydrogen) atoms. The Hall–Kier alpha value is -1.59. The lowest BCUT2D eigenvalue weighted by atomic mass is 9.74. The minimum absolute atomic E-state index is 0.0679. The smallest absolute Gasteiger partial charge is 0.406 e. The Kier molecular flexibility index (Phi) is 4.58. The predicted octanol–water partition coefficient (Wildman–Crippen LogP) is 6.73. The van der Waals surface area contributed by atoms with Crippen LogP contribution in [-0.4, -0.2) is 6.36 Å². The number of fused-ring (bicyclic) bond motifs is 1. The van der Waals surface area contributed by atoms with Crippen LogP contribution in [0.3, 0.4) is 0 Å². The molecule has 7 heteroatoms. The number of ether oxygens (including phenoxy) is 1. The van der Waals surface area contributed by atoms with Gasteiger partial charge in [-0.25, -0.2) is 0 Å². The molecule has 1 unspecified atom stereocenters. The first-order valence-electron chi connectivity index (χ1n) is 7.67. The molecule has 0 spiro atoms. The number of alkyl halides is 3. The summed E-state index contributed by atoms with van der Waals surface area (Å²) in [5.74, 6) is -0.218. The number of hydrogen-bond donors (Lipinski definition) is 1. The van der Waals surface area contributed by atoms with Crippen LogP contribution in [0.15, 0.2) is 36.4 Å². The Morgan fingerprint density at radius 1 is 1.12 bits per heavy atom. The molecule has 0 amide bonds. The van der Waals surface area contributed by atoms with Gasteiger partial charge in [0.15, 0.2) is 0 Å². The van der Waals surface area contributed by atoms with Crippen molar-refractivity contribution in [3.05, 3.63) is 57.6 Å². The van der Waals surface area contributed by atoms with Gasteiger partial charge >= 0.3 is 6.36 Å². The molecule has 2 nitrogen and oxygen atoms in total. The molecular formula is C18H16Cl2F3NO. The fraction of sp³-hybridized carbons (Fsp3) is 0.333. The van der Waals surface area contributed by atoms with Gasteiger partial charge in [-0.1, -0.05) is 43.1 Å². The van der Waals surface area contributed by atoms with E-state index in [1.807, 2.05) is 19.9 Å². The van der Waals surface area contributed by atoms with Gasteiger partial charge in [0, 0.05) is 15.7 Å². The van der Waals surface area contributed by atoms with E-state index in [1.54, 1.807) is 18.2 Å². The largest absolute Gasteiger partial charge is 0.573 e. The van der Waals surface area contributed by atoms with Gasteiger partial charge in [-0.05, 0) is 53.3 Å². The average molecular weight is 390 g/mol. The molecule has 0 saturated carbocycles. The summed E-state index contributed by atoms with van der Waals surface area (Å²) in [6.45, 7) is 3.97. The Balaban J connectivity index is 1.95. The van der Waals surface area contributed by atoms with Crippen molar-refractivity contribution in [2.24, 2.45) is 0 Å². The van der Waals surface area contributed by atoms with Gasteiger partial charge in [0.2, 0.25) is 0 Å². The molecule has 1 N–H and O–H groups in total. The van der Waals surface area contributed by atoms with Crippen molar-refractivity contribution in [3.63, 3.8) is 0 Å². The molecule has 0 bridgehead atoms. The van der Waals surface area contributed by atoms with Gasteiger partial charge in [0.25, 0.3) is 0 Å². The predicted molar refractivity (Wildman–Crippen MR) is 93.6 cm³/mol. The maximum absolute atomic E-state index is 12.5. The summed E-state index contributed by atoms with van der Waals surface area (Å²) in [4.78, 5) is 0. The number of rotatable bonds is 2. The zero-order valence-electron chi connectivity index (χ0n) is 13.5. The second-order valence-electron chi connectivity index (χ2n) is 6.71. The minimum Gasteiger partial charge on any atom is -0.406 e. The van der Waals surface area contributed by atoms with Crippen LogP contribution in [0.5, 0.6) is 5.75 Å². The number of hydrogen-bond acceptors (Lipinski definition) is 2. The van der Waals surface area contributed by atoms with E-state index in [4.69, 9.17) is 23.2 Å². The second kappa shape index (κ2) is 6.29. The van der Waals surface area contributed by atoms with Crippen molar-refractivity contribution in [1.29, 1.82) is 0 Å². The Labute approximate surface area is 153 Å². The molecule has 0 radical (unpaired) electrons. The van der Waals surface area contributed by atoms with Crippen molar-refractivity contribution >= 4 is 28.9 Å². The van der Waals surface area contributed by atoms with E-state index in [0.717, 1.165) is 16.8 Å². The van der Waals surface area contributed by atoms with E-state index in [9.17, 15) is 13.2 Å². The standard InChI is InChI=1S/C18H16Cl2F3NO/c1-17(2)9-16(12-5-3-10(19)7-14(12)20)24-15-6-4-11(8-13(15)17)25-18(21,22)23/h3-8,16,24H,9H2,1-2H3. The van der Waals surface area contributed by atoms with Crippen LogP contribution in [0.2, 0.25) is 10.0 Å². The average Bonchev–Trinajstić information content (AvgIpc) is 2.45. The number of anilines is 1. The van der Waals surface area contributed by atoms with E-state index in [1.165, 1.54) is 12.1 Å². The van der Waals surface area contributed by atoms with Gasteiger partial charge in [0.05, 0.1) is 6.04 Å². The lowest BCUT2D eigenvalue weighted by molar-refractivity contribution is -0.274. The molecule has 0 aliphatic carbocycles. The van der Waals surface area contributed by atoms with Crippen LogP contribution < -0.4 is 10.1 Å². The molecule has 1 atom stereocenters. The van der Waals surface area contributed by atoms with Gasteiger partial charge in [-0.15, -0.1) is 13.2 Å². The number of nitrogens with one attached hydrogen (secondary N) is 1. The van der Waals surface area contributed by atoms with Gasteiger partial charge < -0.3 is 10.1 Å². The molecule has 1 heterocycles. The maximum Gasteiger partial charge on any atom is 0.573 e. The SMILES string of the molecule is CC1(C)CC(c2ccc(Cl)cc2Cl)Nc2ccc(OC(F)(F)F)cc21. The second-order valence-corrected chi connectivity index (χ2v) is 7.55. The fourth-order valence-electron chi connectivity index (χ4n) is 3.24. The van der Waals surface area contributed by atoms with Crippen molar-refractivity contribution in [2.45, 2.75) is 38.1 Å². The monoisotopic (exact) mass is 389 g/mol. The van der Waals surface area contributed by atoms with Crippen LogP contribution >= 0.6 is 23.2 Å². The van der Waals surface area contributed by atoms with Crippen LogP contribution in [0.25, 0.3) is 0 Å². The Morgan fingerprint density at radius 2 is 1.84 bits per heavy atom. The van der Waals surface area contributed by atoms with Crippen molar-refractivity contribution < 1.29 is 17.9 Å². The van der Waals surface area contributed by atoms with Crippen molar-refractivity contribution in [2.75, 3.05) is 5.32 Å². The first-order valence-corrected chi connectivity index (χ1v) is 8.42. The fourth-order valence-corrected chi connectivity index (χ4v) is 3.78. The van der Waals surface area contributed by atoms with E-state index < -0.39 is 6.36 Å². The summed E-state index contributed by atoms with van der Waals surface area (Å²) in [7, 11) is 0. The Bertz CT molecular complexity index is 805. The van der Waals surface area contributed by atoms with Gasteiger partial charge in [-0.3, -0.25) is 0 Å². The maximum atomic E-state index is 12.5. The van der Waals surface area contributed by atoms with Crippen LogP contribution in [0.4, 0.5) is 18.9 Å². The lowest BCUT2D eigenvalue weighted by Gasteiger charge is -2.39. The molecule has 3 rings (SSSR count). The van der Waals surface area contributed by atoms with Crippen LogP contribution in [0.1, 0.15) is 37.4 Å². The van der Waals surface area contributed by atoms with E-state index in [2.05, 4.69) is 10.1 Å². The molecular weight excluding hydrogens is 374 g/mol. The van der Waals surface area contributed by atoms with Gasteiger partial charge in [-0.2, -0.15) is 0 Å². The summed E-state index contributed by atoms with van der Waals surface area (Å²) in [5.41, 5.74) is 2.08. The van der Waals surface area contributed by atoms with E-state index in [0.29, 0.717) is 16.5 Å². The summed E-state index contributed by atoms with van der Waals surface area (Å²) in [6.07, 6.45) is -4.04. The first kappa shape index (κ1) is 18.2. The minimum atomic E-state index is -4.71. The molecule has 0 saturated heterocycles. The summed E-state index contributed by atoms with van der Waals surface area (Å²) in [5, 5.41) is 4.47. The molecule has 134 valence electrons. The van der Waals surface area contributed by atoms with Crippen molar-refractivity contribution in [1.82, 2.24) is 0 Å². The quantitative estimate of drug-likeness (QED) is 0.614. The number of benzene rings is 2. The molecule has 1 aliphatic heterocycles. The molecule has 2 aromatic rings. The van der Waals surface area contributed by atoms with Gasteiger partial charge in [0.1, 0.15) is 5.75 Å². The Morgan fingerprint density at radius 3 is 2.48 bits per heavy atom. The van der Waals surface area contributed by atoms with E-state index in [-0.39, 0.29) is 17.2 Å².